The Balaban J connectivity index is 1.69. The number of carbonyl (C=O) groups is 1. The van der Waals surface area contributed by atoms with E-state index < -0.39 is 5.97 Å². The number of esters is 1. The Labute approximate surface area is 162 Å². The zero-order valence-corrected chi connectivity index (χ0v) is 15.5. The van der Waals surface area contributed by atoms with E-state index in [2.05, 4.69) is 23.2 Å². The summed E-state index contributed by atoms with van der Waals surface area (Å²) in [5.41, 5.74) is 4.34. The summed E-state index contributed by atoms with van der Waals surface area (Å²) in [5.74, 6) is -0.408. The van der Waals surface area contributed by atoms with E-state index in [4.69, 9.17) is 16.3 Å². The summed E-state index contributed by atoms with van der Waals surface area (Å²) in [6, 6.07) is 19.6. The first kappa shape index (κ1) is 17.3. The molecule has 0 aliphatic rings. The molecule has 0 fully saturated rings. The van der Waals surface area contributed by atoms with Crippen LogP contribution in [0.2, 0.25) is 5.02 Å². The van der Waals surface area contributed by atoms with Crippen LogP contribution in [-0.2, 0) is 11.3 Å². The first-order valence-corrected chi connectivity index (χ1v) is 8.90. The minimum atomic E-state index is -0.408. The summed E-state index contributed by atoms with van der Waals surface area (Å²) in [7, 11) is 1.37. The van der Waals surface area contributed by atoms with E-state index in [1.807, 2.05) is 53.4 Å². The fourth-order valence-electron chi connectivity index (χ4n) is 3.20. The van der Waals surface area contributed by atoms with Gasteiger partial charge in [0.1, 0.15) is 0 Å². The van der Waals surface area contributed by atoms with Crippen molar-refractivity contribution >= 4 is 28.5 Å². The number of hydrogen-bond donors (Lipinski definition) is 0. The molecular weight excluding hydrogens is 360 g/mol. The van der Waals surface area contributed by atoms with Crippen LogP contribution in [0.15, 0.2) is 73.1 Å². The summed E-state index contributed by atoms with van der Waals surface area (Å²) in [6.45, 7) is 0.546. The normalized spacial score (nSPS) is 10.9. The van der Waals surface area contributed by atoms with Gasteiger partial charge in [-0.1, -0.05) is 48.0 Å². The zero-order valence-electron chi connectivity index (χ0n) is 14.7. The Morgan fingerprint density at radius 1 is 1.07 bits per heavy atom. The summed E-state index contributed by atoms with van der Waals surface area (Å²) >= 11 is 6.14. The van der Waals surface area contributed by atoms with E-state index in [0.717, 1.165) is 27.7 Å². The number of ether oxygens (including phenoxy) is 1. The zero-order chi connectivity index (χ0) is 18.8. The highest BCUT2D eigenvalue weighted by atomic mass is 35.5. The Bertz CT molecular complexity index is 1100. The number of fused-ring (bicyclic) bond motifs is 1. The van der Waals surface area contributed by atoms with E-state index in [1.165, 1.54) is 7.11 Å². The second-order valence-electron chi connectivity index (χ2n) is 6.23. The Morgan fingerprint density at radius 2 is 1.89 bits per heavy atom. The van der Waals surface area contributed by atoms with Crippen LogP contribution in [-0.4, -0.2) is 22.6 Å². The van der Waals surface area contributed by atoms with Crippen LogP contribution in [0, 0.1) is 0 Å². The van der Waals surface area contributed by atoms with Crippen LogP contribution < -0.4 is 0 Å². The monoisotopic (exact) mass is 376 g/mol. The molecule has 0 aliphatic carbocycles. The number of pyridine rings is 1. The van der Waals surface area contributed by atoms with Gasteiger partial charge in [-0.15, -0.1) is 0 Å². The molecule has 0 aliphatic heterocycles. The lowest BCUT2D eigenvalue weighted by Crippen LogP contribution is -2.07. The Hall–Kier alpha value is -3.11. The molecule has 5 heteroatoms. The average molecular weight is 377 g/mol. The molecule has 2 aromatic heterocycles. The van der Waals surface area contributed by atoms with Gasteiger partial charge in [0.25, 0.3) is 0 Å². The van der Waals surface area contributed by atoms with Crippen LogP contribution in [0.5, 0.6) is 0 Å². The maximum absolute atomic E-state index is 12.2. The molecule has 4 aromatic rings. The molecule has 0 saturated carbocycles. The maximum Gasteiger partial charge on any atom is 0.340 e. The molecule has 0 saturated heterocycles. The Morgan fingerprint density at radius 3 is 2.59 bits per heavy atom. The minimum Gasteiger partial charge on any atom is -0.465 e. The van der Waals surface area contributed by atoms with Gasteiger partial charge in [-0.2, -0.15) is 0 Å². The van der Waals surface area contributed by atoms with E-state index >= 15 is 0 Å². The molecule has 27 heavy (non-hydrogen) atoms. The van der Waals surface area contributed by atoms with E-state index in [-0.39, 0.29) is 0 Å². The third-order valence-electron chi connectivity index (χ3n) is 4.49. The fourth-order valence-corrected chi connectivity index (χ4v) is 3.43. The van der Waals surface area contributed by atoms with Crippen molar-refractivity contribution < 1.29 is 9.53 Å². The number of halogens is 1. The predicted octanol–water partition coefficient (Wildman–Crippen LogP) is 5.19. The highest BCUT2D eigenvalue weighted by molar-refractivity contribution is 6.32. The smallest absolute Gasteiger partial charge is 0.340 e. The highest BCUT2D eigenvalue weighted by Gasteiger charge is 2.16. The van der Waals surface area contributed by atoms with Gasteiger partial charge < -0.3 is 9.30 Å². The van der Waals surface area contributed by atoms with Gasteiger partial charge in [0, 0.05) is 28.4 Å². The summed E-state index contributed by atoms with van der Waals surface area (Å²) in [4.78, 5) is 16.8. The molecule has 0 atom stereocenters. The van der Waals surface area contributed by atoms with Gasteiger partial charge in [-0.3, -0.25) is 4.98 Å². The summed E-state index contributed by atoms with van der Waals surface area (Å²) in [6.07, 6.45) is 3.80. The first-order chi connectivity index (χ1) is 13.2. The number of nitrogens with zero attached hydrogens (tertiary/aromatic N) is 2. The molecule has 0 N–H and O–H groups in total. The lowest BCUT2D eigenvalue weighted by Gasteiger charge is -2.10. The van der Waals surface area contributed by atoms with E-state index in [1.54, 1.807) is 6.07 Å². The number of aromatic nitrogens is 2. The van der Waals surface area contributed by atoms with Crippen molar-refractivity contribution in [2.45, 2.75) is 6.54 Å². The molecule has 0 amide bonds. The van der Waals surface area contributed by atoms with Crippen molar-refractivity contribution in [1.82, 2.24) is 9.55 Å². The number of rotatable bonds is 4. The molecule has 0 radical (unpaired) electrons. The molecule has 0 spiro atoms. The van der Waals surface area contributed by atoms with Crippen molar-refractivity contribution in [2.24, 2.45) is 0 Å². The van der Waals surface area contributed by atoms with Crippen molar-refractivity contribution in [3.63, 3.8) is 0 Å². The van der Waals surface area contributed by atoms with Gasteiger partial charge in [-0.25, -0.2) is 4.79 Å². The van der Waals surface area contributed by atoms with Gasteiger partial charge in [0.05, 0.1) is 30.4 Å². The molecule has 134 valence electrons. The lowest BCUT2D eigenvalue weighted by atomic mass is 10.1. The number of benzene rings is 2. The summed E-state index contributed by atoms with van der Waals surface area (Å²) in [5, 5.41) is 1.40. The third kappa shape index (κ3) is 3.44. The minimum absolute atomic E-state index is 0.408. The van der Waals surface area contributed by atoms with E-state index in [9.17, 15) is 4.79 Å². The Kier molecular flexibility index (Phi) is 4.65. The third-order valence-corrected chi connectivity index (χ3v) is 4.71. The van der Waals surface area contributed by atoms with Gasteiger partial charge in [0.15, 0.2) is 0 Å². The van der Waals surface area contributed by atoms with Crippen molar-refractivity contribution in [1.29, 1.82) is 0 Å². The molecule has 0 unspecified atom stereocenters. The number of carbonyl (C=O) groups excluding carboxylic acids is 1. The molecule has 4 rings (SSSR count). The second-order valence-corrected chi connectivity index (χ2v) is 6.67. The van der Waals surface area contributed by atoms with Gasteiger partial charge >= 0.3 is 5.97 Å². The largest absolute Gasteiger partial charge is 0.465 e. The molecular formula is C22H17ClN2O2. The average Bonchev–Trinajstić information content (AvgIpc) is 3.10. The van der Waals surface area contributed by atoms with Crippen LogP contribution in [0.1, 0.15) is 16.1 Å². The topological polar surface area (TPSA) is 44.1 Å². The fraction of sp³-hybridized carbons (Fsp3) is 0.0909. The molecule has 0 bridgehead atoms. The SMILES string of the molecule is COC(=O)c1cc(Cl)cc2ccn(Cc3ccc(-c4ccccc4)cn3)c12. The molecule has 2 heterocycles. The lowest BCUT2D eigenvalue weighted by molar-refractivity contribution is 0.0602. The van der Waals surface area contributed by atoms with Crippen LogP contribution in [0.3, 0.4) is 0 Å². The van der Waals surface area contributed by atoms with Crippen molar-refractivity contribution in [3.05, 3.63) is 89.3 Å². The van der Waals surface area contributed by atoms with Crippen LogP contribution in [0.4, 0.5) is 0 Å². The van der Waals surface area contributed by atoms with E-state index in [0.29, 0.717) is 17.1 Å². The van der Waals surface area contributed by atoms with Crippen molar-refractivity contribution in [3.8, 4) is 11.1 Å². The highest BCUT2D eigenvalue weighted by Crippen LogP contribution is 2.27. The van der Waals surface area contributed by atoms with Gasteiger partial charge in [-0.05, 0) is 29.8 Å². The number of hydrogen-bond acceptors (Lipinski definition) is 3. The van der Waals surface area contributed by atoms with Gasteiger partial charge in [0.2, 0.25) is 0 Å². The first-order valence-electron chi connectivity index (χ1n) is 8.53. The molecule has 2 aromatic carbocycles. The quantitative estimate of drug-likeness (QED) is 0.460. The number of methoxy groups -OCH3 is 1. The standard InChI is InChI=1S/C22H17ClN2O2/c1-27-22(26)20-12-18(23)11-16-9-10-25(21(16)20)14-19-8-7-17(13-24-19)15-5-3-2-4-6-15/h2-13H,14H2,1H3. The predicted molar refractivity (Wildman–Crippen MR) is 107 cm³/mol. The molecule has 4 nitrogen and oxygen atoms in total. The van der Waals surface area contributed by atoms with Crippen molar-refractivity contribution in [2.75, 3.05) is 7.11 Å². The second kappa shape index (κ2) is 7.25. The van der Waals surface area contributed by atoms with Crippen LogP contribution in [0.25, 0.3) is 22.0 Å². The maximum atomic E-state index is 12.2. The van der Waals surface area contributed by atoms with Crippen LogP contribution >= 0.6 is 11.6 Å². The summed E-state index contributed by atoms with van der Waals surface area (Å²) < 4.78 is 6.90.